The summed E-state index contributed by atoms with van der Waals surface area (Å²) in [4.78, 5) is 25.3. The first-order valence-corrected chi connectivity index (χ1v) is 10.5. The first-order chi connectivity index (χ1) is 16.0. The molecular formula is C26H17ClO6. The summed E-state index contributed by atoms with van der Waals surface area (Å²) in [7, 11) is 1.30. The molecule has 0 bridgehead atoms. The molecule has 5 rings (SSSR count). The van der Waals surface area contributed by atoms with Crippen molar-refractivity contribution in [2.75, 3.05) is 7.11 Å². The highest BCUT2D eigenvalue weighted by Gasteiger charge is 2.25. The van der Waals surface area contributed by atoms with Crippen molar-refractivity contribution < 1.29 is 23.5 Å². The average Bonchev–Trinajstić information content (AvgIpc) is 3.17. The molecular weight excluding hydrogens is 444 g/mol. The number of hydrogen-bond donors (Lipinski definition) is 1. The van der Waals surface area contributed by atoms with E-state index in [1.165, 1.54) is 19.2 Å². The summed E-state index contributed by atoms with van der Waals surface area (Å²) < 4.78 is 17.1. The van der Waals surface area contributed by atoms with Gasteiger partial charge in [-0.2, -0.15) is 0 Å². The lowest BCUT2D eigenvalue weighted by atomic mass is 10.0. The van der Waals surface area contributed by atoms with Crippen molar-refractivity contribution in [2.24, 2.45) is 0 Å². The monoisotopic (exact) mass is 460 g/mol. The van der Waals surface area contributed by atoms with Crippen LogP contribution >= 0.6 is 11.6 Å². The van der Waals surface area contributed by atoms with E-state index < -0.39 is 11.4 Å². The lowest BCUT2D eigenvalue weighted by Crippen LogP contribution is -2.06. The lowest BCUT2D eigenvalue weighted by molar-refractivity contribution is -0.139. The van der Waals surface area contributed by atoms with Crippen LogP contribution in [0.4, 0.5) is 0 Å². The normalized spacial score (nSPS) is 11.2. The maximum absolute atomic E-state index is 13.0. The lowest BCUT2D eigenvalue weighted by Gasteiger charge is -2.07. The second-order valence-corrected chi connectivity index (χ2v) is 7.92. The number of rotatable bonds is 4. The maximum atomic E-state index is 13.0. The van der Waals surface area contributed by atoms with Crippen molar-refractivity contribution >= 4 is 39.5 Å². The highest BCUT2D eigenvalue weighted by Crippen LogP contribution is 2.41. The molecule has 5 aromatic rings. The summed E-state index contributed by atoms with van der Waals surface area (Å²) in [6.45, 7) is 0. The first kappa shape index (κ1) is 20.8. The van der Waals surface area contributed by atoms with E-state index in [9.17, 15) is 14.7 Å². The minimum Gasteiger partial charge on any atom is -0.507 e. The SMILES string of the molecule is COC(=O)Cc1c(-c2ccc(Cl)cc2)oc2cc(O)c3c(=O)cc(-c4ccccc4)oc3c12. The molecule has 0 spiro atoms. The van der Waals surface area contributed by atoms with E-state index in [2.05, 4.69) is 0 Å². The first-order valence-electron chi connectivity index (χ1n) is 10.1. The molecule has 0 unspecified atom stereocenters. The highest BCUT2D eigenvalue weighted by molar-refractivity contribution is 6.30. The molecule has 0 fully saturated rings. The smallest absolute Gasteiger partial charge is 0.310 e. The van der Waals surface area contributed by atoms with Crippen molar-refractivity contribution in [3.63, 3.8) is 0 Å². The standard InChI is InChI=1S/C26H17ClO6/c1-31-22(30)11-17-23-21(33-25(17)15-7-9-16(27)10-8-15)13-19(29)24-18(28)12-20(32-26(23)24)14-5-3-2-4-6-14/h2-10,12-13,29H,11H2,1H3. The van der Waals surface area contributed by atoms with Gasteiger partial charge in [-0.3, -0.25) is 9.59 Å². The van der Waals surface area contributed by atoms with E-state index in [0.717, 1.165) is 0 Å². The van der Waals surface area contributed by atoms with Crippen molar-refractivity contribution in [3.8, 4) is 28.4 Å². The van der Waals surface area contributed by atoms with Gasteiger partial charge >= 0.3 is 5.97 Å². The fourth-order valence-electron chi connectivity index (χ4n) is 3.91. The van der Waals surface area contributed by atoms with Crippen LogP contribution in [0, 0.1) is 0 Å². The van der Waals surface area contributed by atoms with Crippen molar-refractivity contribution in [2.45, 2.75) is 6.42 Å². The molecule has 0 radical (unpaired) electrons. The van der Waals surface area contributed by atoms with E-state index in [0.29, 0.717) is 38.6 Å². The second-order valence-electron chi connectivity index (χ2n) is 7.48. The molecule has 7 heteroatoms. The van der Waals surface area contributed by atoms with Gasteiger partial charge in [-0.25, -0.2) is 0 Å². The Balaban J connectivity index is 1.89. The predicted molar refractivity (Wildman–Crippen MR) is 126 cm³/mol. The molecule has 0 amide bonds. The van der Waals surface area contributed by atoms with Crippen LogP contribution in [0.25, 0.3) is 44.6 Å². The van der Waals surface area contributed by atoms with Gasteiger partial charge < -0.3 is 18.7 Å². The van der Waals surface area contributed by atoms with Gasteiger partial charge in [-0.15, -0.1) is 0 Å². The zero-order valence-corrected chi connectivity index (χ0v) is 18.2. The molecule has 2 heterocycles. The Hall–Kier alpha value is -4.03. The summed E-state index contributed by atoms with van der Waals surface area (Å²) in [6, 6.07) is 18.8. The highest BCUT2D eigenvalue weighted by atomic mass is 35.5. The number of hydrogen-bond acceptors (Lipinski definition) is 6. The molecule has 0 saturated carbocycles. The number of aromatic hydroxyl groups is 1. The number of phenols is 1. The fourth-order valence-corrected chi connectivity index (χ4v) is 4.03. The Morgan fingerprint density at radius 1 is 0.970 bits per heavy atom. The molecule has 3 aromatic carbocycles. The summed E-state index contributed by atoms with van der Waals surface area (Å²) in [5.74, 6) is -0.0347. The molecule has 0 aliphatic rings. The van der Waals surface area contributed by atoms with Crippen molar-refractivity contribution in [1.29, 1.82) is 0 Å². The Bertz CT molecular complexity index is 1560. The third-order valence-corrected chi connectivity index (χ3v) is 5.70. The predicted octanol–water partition coefficient (Wildman–Crippen LogP) is 5.95. The molecule has 1 N–H and O–H groups in total. The maximum Gasteiger partial charge on any atom is 0.310 e. The van der Waals surface area contributed by atoms with Crippen LogP contribution in [0.15, 0.2) is 80.4 Å². The van der Waals surface area contributed by atoms with Gasteiger partial charge in [-0.1, -0.05) is 41.9 Å². The average molecular weight is 461 g/mol. The summed E-state index contributed by atoms with van der Waals surface area (Å²) in [5.41, 5.74) is 1.86. The van der Waals surface area contributed by atoms with Crippen LogP contribution in [-0.4, -0.2) is 18.2 Å². The van der Waals surface area contributed by atoms with Gasteiger partial charge in [0.2, 0.25) is 0 Å². The van der Waals surface area contributed by atoms with Crippen LogP contribution in [0.1, 0.15) is 5.56 Å². The number of carbonyl (C=O) groups is 1. The van der Waals surface area contributed by atoms with Gasteiger partial charge in [0.05, 0.1) is 18.9 Å². The van der Waals surface area contributed by atoms with Crippen LogP contribution < -0.4 is 5.43 Å². The Morgan fingerprint density at radius 3 is 2.39 bits per heavy atom. The number of carbonyl (C=O) groups excluding carboxylic acids is 1. The number of methoxy groups -OCH3 is 1. The molecule has 0 saturated heterocycles. The largest absolute Gasteiger partial charge is 0.507 e. The number of benzene rings is 3. The number of esters is 1. The third-order valence-electron chi connectivity index (χ3n) is 5.45. The van der Waals surface area contributed by atoms with Gasteiger partial charge in [0, 0.05) is 33.8 Å². The minimum absolute atomic E-state index is 0.0109. The van der Waals surface area contributed by atoms with E-state index in [1.807, 2.05) is 30.3 Å². The van der Waals surface area contributed by atoms with Crippen LogP contribution in [0.2, 0.25) is 5.02 Å². The van der Waals surface area contributed by atoms with Gasteiger partial charge in [0.1, 0.15) is 28.2 Å². The van der Waals surface area contributed by atoms with Crippen molar-refractivity contribution in [1.82, 2.24) is 0 Å². The van der Waals surface area contributed by atoms with Crippen LogP contribution in [0.5, 0.6) is 5.75 Å². The summed E-state index contributed by atoms with van der Waals surface area (Å²) in [5, 5.41) is 11.6. The van der Waals surface area contributed by atoms with E-state index >= 15 is 0 Å². The van der Waals surface area contributed by atoms with Gasteiger partial charge in [0.25, 0.3) is 0 Å². The summed E-state index contributed by atoms with van der Waals surface area (Å²) in [6.07, 6.45) is -0.124. The van der Waals surface area contributed by atoms with Crippen LogP contribution in [-0.2, 0) is 16.0 Å². The van der Waals surface area contributed by atoms with Crippen molar-refractivity contribution in [3.05, 3.63) is 87.5 Å². The fraction of sp³-hybridized carbons (Fsp3) is 0.0769. The molecule has 6 nitrogen and oxygen atoms in total. The van der Waals surface area contributed by atoms with Gasteiger partial charge in [-0.05, 0) is 24.3 Å². The molecule has 2 aromatic heterocycles. The van der Waals surface area contributed by atoms with E-state index in [1.54, 1.807) is 24.3 Å². The molecule has 0 atom stereocenters. The second kappa shape index (κ2) is 8.15. The quantitative estimate of drug-likeness (QED) is 0.333. The Kier molecular flexibility index (Phi) is 5.15. The van der Waals surface area contributed by atoms with Crippen LogP contribution in [0.3, 0.4) is 0 Å². The molecule has 164 valence electrons. The number of fused-ring (bicyclic) bond motifs is 3. The Labute approximate surface area is 192 Å². The van der Waals surface area contributed by atoms with E-state index in [-0.39, 0.29) is 28.7 Å². The number of ether oxygens (including phenoxy) is 1. The third kappa shape index (κ3) is 3.64. The molecule has 33 heavy (non-hydrogen) atoms. The number of halogens is 1. The minimum atomic E-state index is -0.490. The topological polar surface area (TPSA) is 89.9 Å². The number of phenolic OH excluding ortho intramolecular Hbond substituents is 1. The molecule has 0 aliphatic heterocycles. The Morgan fingerprint density at radius 2 is 1.70 bits per heavy atom. The van der Waals surface area contributed by atoms with Gasteiger partial charge in [0.15, 0.2) is 11.0 Å². The zero-order chi connectivity index (χ0) is 23.1. The summed E-state index contributed by atoms with van der Waals surface area (Å²) >= 11 is 6.03. The molecule has 0 aliphatic carbocycles. The number of furan rings is 1. The zero-order valence-electron chi connectivity index (χ0n) is 17.4. The van der Waals surface area contributed by atoms with E-state index in [4.69, 9.17) is 25.2 Å².